The molecule has 2 fully saturated rings. The average molecular weight is 298 g/mol. The summed E-state index contributed by atoms with van der Waals surface area (Å²) >= 11 is 0. The number of urea groups is 1. The second kappa shape index (κ2) is 7.64. The number of methoxy groups -OCH3 is 1. The Labute approximate surface area is 125 Å². The first kappa shape index (κ1) is 16.1. The molecule has 0 aromatic carbocycles. The number of carbonyl (C=O) groups is 2. The maximum atomic E-state index is 11.8. The minimum Gasteiger partial charge on any atom is -0.480 e. The Bertz CT molecular complexity index is 375. The Morgan fingerprint density at radius 2 is 2.14 bits per heavy atom. The van der Waals surface area contributed by atoms with Gasteiger partial charge in [0.1, 0.15) is 6.04 Å². The van der Waals surface area contributed by atoms with Gasteiger partial charge in [-0.25, -0.2) is 9.59 Å². The topological polar surface area (TPSA) is 87.7 Å². The maximum absolute atomic E-state index is 11.8. The molecule has 0 heterocycles. The molecule has 2 aliphatic carbocycles. The van der Waals surface area contributed by atoms with Crippen LogP contribution in [0.15, 0.2) is 0 Å². The van der Waals surface area contributed by atoms with Crippen LogP contribution in [0.1, 0.15) is 38.5 Å². The number of amides is 2. The molecule has 4 unspecified atom stereocenters. The van der Waals surface area contributed by atoms with E-state index < -0.39 is 12.0 Å². The van der Waals surface area contributed by atoms with Gasteiger partial charge in [-0.05, 0) is 49.9 Å². The van der Waals surface area contributed by atoms with Crippen LogP contribution in [0, 0.1) is 17.8 Å². The number of nitrogens with one attached hydrogen (secondary N) is 2. The average Bonchev–Trinajstić information content (AvgIpc) is 3.06. The largest absolute Gasteiger partial charge is 0.480 e. The van der Waals surface area contributed by atoms with Crippen LogP contribution < -0.4 is 10.6 Å². The van der Waals surface area contributed by atoms with E-state index in [1.807, 2.05) is 0 Å². The number of carboxylic acids is 1. The maximum Gasteiger partial charge on any atom is 0.326 e. The van der Waals surface area contributed by atoms with Gasteiger partial charge in [0.15, 0.2) is 0 Å². The normalized spacial score (nSPS) is 28.3. The number of carbonyl (C=O) groups excluding carboxylic acids is 1. The van der Waals surface area contributed by atoms with Crippen molar-refractivity contribution in [3.63, 3.8) is 0 Å². The lowest BCUT2D eigenvalue weighted by Gasteiger charge is -2.22. The zero-order valence-corrected chi connectivity index (χ0v) is 12.6. The van der Waals surface area contributed by atoms with Crippen molar-refractivity contribution in [3.8, 4) is 0 Å². The van der Waals surface area contributed by atoms with E-state index in [1.54, 1.807) is 7.11 Å². The predicted molar refractivity (Wildman–Crippen MR) is 78.0 cm³/mol. The summed E-state index contributed by atoms with van der Waals surface area (Å²) in [7, 11) is 1.57. The molecule has 2 amide bonds. The lowest BCUT2D eigenvalue weighted by molar-refractivity contribution is -0.139. The van der Waals surface area contributed by atoms with Crippen LogP contribution in [0.25, 0.3) is 0 Å². The molecule has 0 spiro atoms. The van der Waals surface area contributed by atoms with Crippen molar-refractivity contribution >= 4 is 12.0 Å². The molecular formula is C15H26N2O4. The zero-order valence-electron chi connectivity index (χ0n) is 12.6. The Balaban J connectivity index is 1.68. The summed E-state index contributed by atoms with van der Waals surface area (Å²) in [4.78, 5) is 22.9. The summed E-state index contributed by atoms with van der Waals surface area (Å²) in [6, 6.07) is -1.22. The van der Waals surface area contributed by atoms with E-state index in [-0.39, 0.29) is 6.03 Å². The predicted octanol–water partition coefficient (Wildman–Crippen LogP) is 1.60. The third-order valence-electron chi connectivity index (χ3n) is 4.85. The first-order valence-electron chi connectivity index (χ1n) is 7.86. The fraction of sp³-hybridized carbons (Fsp3) is 0.867. The Morgan fingerprint density at radius 3 is 2.71 bits per heavy atom. The molecular weight excluding hydrogens is 272 g/mol. The molecule has 0 aromatic heterocycles. The molecule has 2 rings (SSSR count). The highest BCUT2D eigenvalue weighted by Crippen LogP contribution is 2.47. The number of carboxylic acid groups (broad SMARTS) is 1. The third-order valence-corrected chi connectivity index (χ3v) is 4.85. The van der Waals surface area contributed by atoms with E-state index in [4.69, 9.17) is 9.84 Å². The first-order chi connectivity index (χ1) is 10.1. The fourth-order valence-electron chi connectivity index (χ4n) is 3.75. The Hall–Kier alpha value is -1.30. The highest BCUT2D eigenvalue weighted by atomic mass is 16.5. The van der Waals surface area contributed by atoms with Crippen LogP contribution in [-0.2, 0) is 9.53 Å². The van der Waals surface area contributed by atoms with Crippen molar-refractivity contribution in [1.29, 1.82) is 0 Å². The van der Waals surface area contributed by atoms with Crippen molar-refractivity contribution in [3.05, 3.63) is 0 Å². The summed E-state index contributed by atoms with van der Waals surface area (Å²) in [6.07, 6.45) is 6.13. The molecule has 6 heteroatoms. The minimum atomic E-state index is -0.999. The molecule has 2 aliphatic rings. The molecule has 0 radical (unpaired) electrons. The van der Waals surface area contributed by atoms with E-state index in [1.165, 1.54) is 25.7 Å². The molecule has 2 bridgehead atoms. The highest BCUT2D eigenvalue weighted by Gasteiger charge is 2.39. The number of rotatable bonds is 8. The van der Waals surface area contributed by atoms with E-state index in [0.717, 1.165) is 11.8 Å². The van der Waals surface area contributed by atoms with E-state index in [2.05, 4.69) is 10.6 Å². The number of hydrogen-bond acceptors (Lipinski definition) is 3. The molecule has 6 nitrogen and oxygen atoms in total. The van der Waals surface area contributed by atoms with Gasteiger partial charge in [0.05, 0.1) is 0 Å². The molecule has 120 valence electrons. The molecule has 0 saturated heterocycles. The zero-order chi connectivity index (χ0) is 15.2. The molecule has 0 aromatic rings. The van der Waals surface area contributed by atoms with Crippen LogP contribution in [0.5, 0.6) is 0 Å². The lowest BCUT2D eigenvalue weighted by Crippen LogP contribution is -2.47. The molecule has 4 atom stereocenters. The summed E-state index contributed by atoms with van der Waals surface area (Å²) in [5, 5.41) is 14.5. The second-order valence-electron chi connectivity index (χ2n) is 6.32. The monoisotopic (exact) mass is 298 g/mol. The van der Waals surface area contributed by atoms with Gasteiger partial charge in [-0.3, -0.25) is 0 Å². The molecule has 2 saturated carbocycles. The minimum absolute atomic E-state index is 0.373. The summed E-state index contributed by atoms with van der Waals surface area (Å²) < 4.78 is 4.90. The third kappa shape index (κ3) is 4.59. The summed E-state index contributed by atoms with van der Waals surface area (Å²) in [5.74, 6) is 1.19. The lowest BCUT2D eigenvalue weighted by atomic mass is 9.89. The standard InChI is InChI=1S/C15H26N2O4/c1-21-6-2-3-13(14(18)19)17-15(20)16-9-12-8-10-4-5-11(12)7-10/h10-13H,2-9H2,1H3,(H,18,19)(H2,16,17,20). The van der Waals surface area contributed by atoms with Gasteiger partial charge < -0.3 is 20.5 Å². The van der Waals surface area contributed by atoms with Crippen LogP contribution in [0.2, 0.25) is 0 Å². The van der Waals surface area contributed by atoms with E-state index in [9.17, 15) is 9.59 Å². The fourth-order valence-corrected chi connectivity index (χ4v) is 3.75. The van der Waals surface area contributed by atoms with Crippen LogP contribution in [0.4, 0.5) is 4.79 Å². The second-order valence-corrected chi connectivity index (χ2v) is 6.32. The van der Waals surface area contributed by atoms with Gasteiger partial charge in [0.2, 0.25) is 0 Å². The van der Waals surface area contributed by atoms with Gasteiger partial charge in [-0.2, -0.15) is 0 Å². The Morgan fingerprint density at radius 1 is 1.33 bits per heavy atom. The van der Waals surface area contributed by atoms with Crippen LogP contribution in [-0.4, -0.2) is 43.4 Å². The number of aliphatic carboxylic acids is 1. The smallest absolute Gasteiger partial charge is 0.326 e. The summed E-state index contributed by atoms with van der Waals surface area (Å²) in [6.45, 7) is 1.16. The molecule has 0 aliphatic heterocycles. The van der Waals surface area contributed by atoms with Crippen molar-refractivity contribution in [2.45, 2.75) is 44.6 Å². The van der Waals surface area contributed by atoms with Gasteiger partial charge >= 0.3 is 12.0 Å². The van der Waals surface area contributed by atoms with Crippen molar-refractivity contribution in [2.75, 3.05) is 20.3 Å². The van der Waals surface area contributed by atoms with Gasteiger partial charge in [-0.15, -0.1) is 0 Å². The van der Waals surface area contributed by atoms with Crippen LogP contribution in [0.3, 0.4) is 0 Å². The van der Waals surface area contributed by atoms with Crippen molar-refractivity contribution in [1.82, 2.24) is 10.6 Å². The van der Waals surface area contributed by atoms with E-state index in [0.29, 0.717) is 31.9 Å². The molecule has 3 N–H and O–H groups in total. The van der Waals surface area contributed by atoms with Gasteiger partial charge in [-0.1, -0.05) is 6.42 Å². The van der Waals surface area contributed by atoms with Crippen molar-refractivity contribution in [2.24, 2.45) is 17.8 Å². The first-order valence-corrected chi connectivity index (χ1v) is 7.86. The highest BCUT2D eigenvalue weighted by molar-refractivity contribution is 5.82. The van der Waals surface area contributed by atoms with Crippen LogP contribution >= 0.6 is 0 Å². The SMILES string of the molecule is COCCCC(NC(=O)NCC1CC2CCC1C2)C(=O)O. The van der Waals surface area contributed by atoms with Gasteiger partial charge in [0.25, 0.3) is 0 Å². The quantitative estimate of drug-likeness (QED) is 0.594. The number of ether oxygens (including phenoxy) is 1. The number of hydrogen-bond donors (Lipinski definition) is 3. The number of fused-ring (bicyclic) bond motifs is 2. The van der Waals surface area contributed by atoms with Crippen molar-refractivity contribution < 1.29 is 19.4 Å². The molecule has 21 heavy (non-hydrogen) atoms. The summed E-state index contributed by atoms with van der Waals surface area (Å²) in [5.41, 5.74) is 0. The van der Waals surface area contributed by atoms with E-state index >= 15 is 0 Å². The van der Waals surface area contributed by atoms with Gasteiger partial charge in [0, 0.05) is 20.3 Å². The Kier molecular flexibility index (Phi) is 5.85.